The fraction of sp³-hybridized carbons (Fsp3) is 0.385. The summed E-state index contributed by atoms with van der Waals surface area (Å²) in [5.41, 5.74) is 2.48. The van der Waals surface area contributed by atoms with Crippen molar-refractivity contribution in [2.24, 2.45) is 0 Å². The summed E-state index contributed by atoms with van der Waals surface area (Å²) in [6.07, 6.45) is 2.27. The number of aromatic nitrogens is 1. The smallest absolute Gasteiger partial charge is 0.273 e. The van der Waals surface area contributed by atoms with E-state index in [0.717, 1.165) is 23.5 Å². The zero-order chi connectivity index (χ0) is 23.8. The van der Waals surface area contributed by atoms with Crippen molar-refractivity contribution >= 4 is 5.91 Å². The lowest BCUT2D eigenvalue weighted by Gasteiger charge is -2.29. The molecule has 0 fully saturated rings. The Balaban J connectivity index is 1.85. The van der Waals surface area contributed by atoms with Gasteiger partial charge in [0.1, 0.15) is 17.8 Å². The molecule has 0 unspecified atom stereocenters. The van der Waals surface area contributed by atoms with Crippen LogP contribution < -0.4 is 14.8 Å². The van der Waals surface area contributed by atoms with Gasteiger partial charge >= 0.3 is 0 Å². The van der Waals surface area contributed by atoms with Gasteiger partial charge in [0.25, 0.3) is 5.91 Å². The lowest BCUT2D eigenvalue weighted by atomic mass is 10.1. The summed E-state index contributed by atoms with van der Waals surface area (Å²) in [5.74, 6) is 1.75. The van der Waals surface area contributed by atoms with Crippen LogP contribution in [0.25, 0.3) is 0 Å². The molecule has 1 aromatic heterocycles. The molecule has 33 heavy (non-hydrogen) atoms. The Kier molecular flexibility index (Phi) is 8.49. The van der Waals surface area contributed by atoms with E-state index in [1.165, 1.54) is 11.8 Å². The minimum absolute atomic E-state index is 0.0716. The highest BCUT2D eigenvalue weighted by atomic mass is 16.5. The number of oxazole rings is 1. The molecule has 3 aromatic rings. The summed E-state index contributed by atoms with van der Waals surface area (Å²) in [7, 11) is 3.29. The second kappa shape index (κ2) is 11.5. The number of carbonyl (C=O) groups excluding carboxylic acids is 1. The fourth-order valence-corrected chi connectivity index (χ4v) is 3.53. The SMILES string of the molecule is CC[C@@H](C)NC(=O)c1coc(CN(Cc2ccc(OC)cc2OC)[C@H](C)c2ccccc2)n1. The molecule has 0 bridgehead atoms. The zero-order valence-corrected chi connectivity index (χ0v) is 20.0. The molecule has 1 heterocycles. The Labute approximate surface area is 195 Å². The van der Waals surface area contributed by atoms with Gasteiger partial charge in [0.05, 0.1) is 20.8 Å². The summed E-state index contributed by atoms with van der Waals surface area (Å²) in [6, 6.07) is 16.2. The van der Waals surface area contributed by atoms with Gasteiger partial charge in [-0.15, -0.1) is 0 Å². The van der Waals surface area contributed by atoms with Gasteiger partial charge < -0.3 is 19.2 Å². The zero-order valence-electron chi connectivity index (χ0n) is 20.0. The minimum atomic E-state index is -0.223. The predicted molar refractivity (Wildman–Crippen MR) is 127 cm³/mol. The number of benzene rings is 2. The summed E-state index contributed by atoms with van der Waals surface area (Å²) in [5, 5.41) is 2.92. The maximum Gasteiger partial charge on any atom is 0.273 e. The van der Waals surface area contributed by atoms with Gasteiger partial charge in [0, 0.05) is 30.3 Å². The van der Waals surface area contributed by atoms with Gasteiger partial charge in [0.2, 0.25) is 5.89 Å². The van der Waals surface area contributed by atoms with Crippen molar-refractivity contribution in [1.82, 2.24) is 15.2 Å². The van der Waals surface area contributed by atoms with Crippen LogP contribution in [0.2, 0.25) is 0 Å². The number of carbonyl (C=O) groups is 1. The van der Waals surface area contributed by atoms with Crippen molar-refractivity contribution in [1.29, 1.82) is 0 Å². The molecular formula is C26H33N3O4. The molecule has 0 aliphatic carbocycles. The lowest BCUT2D eigenvalue weighted by molar-refractivity contribution is 0.0934. The molecule has 2 atom stereocenters. The summed E-state index contributed by atoms with van der Waals surface area (Å²) < 4.78 is 16.6. The van der Waals surface area contributed by atoms with Crippen LogP contribution in [0, 0.1) is 0 Å². The average Bonchev–Trinajstić information content (AvgIpc) is 3.32. The van der Waals surface area contributed by atoms with Crippen LogP contribution in [0.3, 0.4) is 0 Å². The Hall–Kier alpha value is -3.32. The predicted octanol–water partition coefficient (Wildman–Crippen LogP) is 4.98. The number of nitrogens with zero attached hydrogens (tertiary/aromatic N) is 2. The van der Waals surface area contributed by atoms with Crippen molar-refractivity contribution in [3.63, 3.8) is 0 Å². The van der Waals surface area contributed by atoms with Gasteiger partial charge in [-0.2, -0.15) is 0 Å². The first-order valence-corrected chi connectivity index (χ1v) is 11.2. The Morgan fingerprint density at radius 3 is 2.52 bits per heavy atom. The van der Waals surface area contributed by atoms with E-state index in [1.807, 2.05) is 50.2 Å². The highest BCUT2D eigenvalue weighted by molar-refractivity contribution is 5.92. The Morgan fingerprint density at radius 2 is 1.85 bits per heavy atom. The molecule has 176 valence electrons. The molecule has 0 aliphatic rings. The minimum Gasteiger partial charge on any atom is -0.497 e. The van der Waals surface area contributed by atoms with Crippen LogP contribution in [0.4, 0.5) is 0 Å². The third-order valence-corrected chi connectivity index (χ3v) is 5.81. The molecule has 0 saturated heterocycles. The number of methoxy groups -OCH3 is 2. The first-order chi connectivity index (χ1) is 15.9. The molecular weight excluding hydrogens is 418 g/mol. The Morgan fingerprint density at radius 1 is 1.09 bits per heavy atom. The number of amides is 1. The standard InChI is InChI=1S/C26H33N3O4/c1-6-18(2)27-26(30)23-17-33-25(28-23)16-29(19(3)20-10-8-7-9-11-20)15-21-12-13-22(31-4)14-24(21)32-5/h7-14,17-19H,6,15-16H2,1-5H3,(H,27,30)/t18-,19-/m1/s1. The fourth-order valence-electron chi connectivity index (χ4n) is 3.53. The van der Waals surface area contributed by atoms with Crippen molar-refractivity contribution in [2.75, 3.05) is 14.2 Å². The number of hydrogen-bond donors (Lipinski definition) is 1. The quantitative estimate of drug-likeness (QED) is 0.443. The van der Waals surface area contributed by atoms with E-state index < -0.39 is 0 Å². The van der Waals surface area contributed by atoms with Gasteiger partial charge in [-0.25, -0.2) is 4.98 Å². The van der Waals surface area contributed by atoms with Crippen LogP contribution in [0.5, 0.6) is 11.5 Å². The van der Waals surface area contributed by atoms with Crippen LogP contribution in [-0.4, -0.2) is 36.1 Å². The second-order valence-electron chi connectivity index (χ2n) is 8.08. The Bertz CT molecular complexity index is 1040. The molecule has 1 amide bonds. The topological polar surface area (TPSA) is 76.8 Å². The average molecular weight is 452 g/mol. The van der Waals surface area contributed by atoms with Crippen LogP contribution in [0.15, 0.2) is 59.2 Å². The third-order valence-electron chi connectivity index (χ3n) is 5.81. The van der Waals surface area contributed by atoms with Gasteiger partial charge in [-0.3, -0.25) is 9.69 Å². The van der Waals surface area contributed by atoms with Crippen molar-refractivity contribution < 1.29 is 18.7 Å². The molecule has 3 rings (SSSR count). The number of rotatable bonds is 11. The van der Waals surface area contributed by atoms with E-state index in [4.69, 9.17) is 13.9 Å². The van der Waals surface area contributed by atoms with Crippen molar-refractivity contribution in [3.05, 3.63) is 77.5 Å². The molecule has 0 aliphatic heterocycles. The van der Waals surface area contributed by atoms with Gasteiger partial charge in [-0.05, 0) is 31.9 Å². The number of nitrogens with one attached hydrogen (secondary N) is 1. The van der Waals surface area contributed by atoms with E-state index in [9.17, 15) is 4.79 Å². The third kappa shape index (κ3) is 6.35. The molecule has 1 N–H and O–H groups in total. The lowest BCUT2D eigenvalue weighted by Crippen LogP contribution is -2.32. The van der Waals surface area contributed by atoms with E-state index in [2.05, 4.69) is 34.3 Å². The van der Waals surface area contributed by atoms with E-state index >= 15 is 0 Å². The molecule has 0 spiro atoms. The van der Waals surface area contributed by atoms with Crippen LogP contribution >= 0.6 is 0 Å². The van der Waals surface area contributed by atoms with Crippen molar-refractivity contribution in [3.8, 4) is 11.5 Å². The summed E-state index contributed by atoms with van der Waals surface area (Å²) in [4.78, 5) is 19.1. The van der Waals surface area contributed by atoms with E-state index in [-0.39, 0.29) is 18.0 Å². The van der Waals surface area contributed by atoms with Gasteiger partial charge in [0.15, 0.2) is 5.69 Å². The first kappa shape index (κ1) is 24.3. The largest absolute Gasteiger partial charge is 0.497 e. The van der Waals surface area contributed by atoms with Gasteiger partial charge in [-0.1, -0.05) is 43.3 Å². The summed E-state index contributed by atoms with van der Waals surface area (Å²) >= 11 is 0. The normalized spacial score (nSPS) is 12.9. The molecule has 7 nitrogen and oxygen atoms in total. The van der Waals surface area contributed by atoms with Crippen LogP contribution in [-0.2, 0) is 13.1 Å². The second-order valence-corrected chi connectivity index (χ2v) is 8.08. The van der Waals surface area contributed by atoms with Crippen molar-refractivity contribution in [2.45, 2.75) is 52.4 Å². The monoisotopic (exact) mass is 451 g/mol. The highest BCUT2D eigenvalue weighted by Crippen LogP contribution is 2.30. The molecule has 7 heteroatoms. The van der Waals surface area contributed by atoms with Crippen LogP contribution in [0.1, 0.15) is 60.7 Å². The number of ether oxygens (including phenoxy) is 2. The number of hydrogen-bond acceptors (Lipinski definition) is 6. The van der Waals surface area contributed by atoms with E-state index in [0.29, 0.717) is 24.7 Å². The maximum atomic E-state index is 12.4. The highest BCUT2D eigenvalue weighted by Gasteiger charge is 2.22. The molecule has 0 radical (unpaired) electrons. The van der Waals surface area contributed by atoms with E-state index in [1.54, 1.807) is 14.2 Å². The molecule has 2 aromatic carbocycles. The molecule has 0 saturated carbocycles. The maximum absolute atomic E-state index is 12.4. The first-order valence-electron chi connectivity index (χ1n) is 11.2. The summed E-state index contributed by atoms with van der Waals surface area (Å²) in [6.45, 7) is 7.16.